The summed E-state index contributed by atoms with van der Waals surface area (Å²) in [5, 5.41) is 9.15. The van der Waals surface area contributed by atoms with Gasteiger partial charge >= 0.3 is 11.9 Å². The van der Waals surface area contributed by atoms with Gasteiger partial charge in [0, 0.05) is 0 Å². The summed E-state index contributed by atoms with van der Waals surface area (Å²) >= 11 is 0. The van der Waals surface area contributed by atoms with Crippen LogP contribution in [0.5, 0.6) is 11.5 Å². The Balaban J connectivity index is 2.00. The molecule has 0 aliphatic carbocycles. The van der Waals surface area contributed by atoms with Crippen LogP contribution in [0.2, 0.25) is 0 Å². The van der Waals surface area contributed by atoms with E-state index in [1.807, 2.05) is 0 Å². The molecule has 0 unspecified atom stereocenters. The second-order valence-electron chi connectivity index (χ2n) is 4.35. The zero-order chi connectivity index (χ0) is 15.9. The number of carbonyl (C=O) groups is 2. The molecule has 1 N–H and O–H groups in total. The lowest BCUT2D eigenvalue weighted by Gasteiger charge is -2.05. The molecule has 0 atom stereocenters. The molecule has 0 fully saturated rings. The predicted octanol–water partition coefficient (Wildman–Crippen LogP) is 2.95. The van der Waals surface area contributed by atoms with E-state index in [9.17, 15) is 9.59 Å². The predicted molar refractivity (Wildman–Crippen MR) is 80.0 cm³/mol. The number of phenolic OH excluding ortho intramolecular Hbond substituents is 1. The molecule has 0 aromatic heterocycles. The largest absolute Gasteiger partial charge is 0.508 e. The van der Waals surface area contributed by atoms with Crippen LogP contribution in [0.15, 0.2) is 61.2 Å². The molecule has 0 spiro atoms. The Morgan fingerprint density at radius 2 is 1.45 bits per heavy atom. The van der Waals surface area contributed by atoms with Gasteiger partial charge in [-0.1, -0.05) is 12.7 Å². The summed E-state index contributed by atoms with van der Waals surface area (Å²) in [5.74, 6) is -0.926. The summed E-state index contributed by atoms with van der Waals surface area (Å²) in [5.41, 5.74) is 0.412. The zero-order valence-electron chi connectivity index (χ0n) is 11.7. The highest BCUT2D eigenvalue weighted by Gasteiger charge is 2.15. The highest BCUT2D eigenvalue weighted by molar-refractivity contribution is 6.02. The topological polar surface area (TPSA) is 72.8 Å². The van der Waals surface area contributed by atoms with Crippen molar-refractivity contribution >= 4 is 11.9 Å². The fraction of sp³-hybridized carbons (Fsp3) is 0.0588. The minimum absolute atomic E-state index is 0.0259. The first-order chi connectivity index (χ1) is 10.6. The average molecular weight is 298 g/mol. The highest BCUT2D eigenvalue weighted by Crippen LogP contribution is 2.15. The van der Waals surface area contributed by atoms with Gasteiger partial charge < -0.3 is 14.6 Å². The molecule has 5 nitrogen and oxygen atoms in total. The molecular weight excluding hydrogens is 284 g/mol. The molecule has 0 saturated carbocycles. The van der Waals surface area contributed by atoms with E-state index in [2.05, 4.69) is 6.58 Å². The van der Waals surface area contributed by atoms with Gasteiger partial charge in [0.25, 0.3) is 0 Å². The van der Waals surface area contributed by atoms with Crippen molar-refractivity contribution in [3.63, 3.8) is 0 Å². The van der Waals surface area contributed by atoms with E-state index in [1.165, 1.54) is 36.4 Å². The summed E-state index contributed by atoms with van der Waals surface area (Å²) in [6.45, 7) is 3.90. The first-order valence-electron chi connectivity index (χ1n) is 6.49. The van der Waals surface area contributed by atoms with Crippen LogP contribution < -0.4 is 4.74 Å². The Morgan fingerprint density at radius 3 is 1.95 bits per heavy atom. The Bertz CT molecular complexity index is 671. The maximum Gasteiger partial charge on any atom is 0.346 e. The van der Waals surface area contributed by atoms with Crippen molar-refractivity contribution in [2.24, 2.45) is 0 Å². The Morgan fingerprint density at radius 1 is 0.955 bits per heavy atom. The standard InChI is InChI=1S/C17H14O5/c1-2-11-21-15-9-5-13(6-10-15)17(20)22-16(19)12-3-7-14(18)8-4-12/h2-10,18H,1,11H2. The quantitative estimate of drug-likeness (QED) is 0.522. The van der Waals surface area contributed by atoms with E-state index in [4.69, 9.17) is 14.6 Å². The van der Waals surface area contributed by atoms with Gasteiger partial charge in [0.2, 0.25) is 0 Å². The van der Waals surface area contributed by atoms with Gasteiger partial charge in [-0.25, -0.2) is 9.59 Å². The maximum absolute atomic E-state index is 11.9. The van der Waals surface area contributed by atoms with Crippen molar-refractivity contribution in [3.8, 4) is 11.5 Å². The normalized spacial score (nSPS) is 9.82. The highest BCUT2D eigenvalue weighted by atomic mass is 16.6. The number of hydrogen-bond donors (Lipinski definition) is 1. The number of hydrogen-bond acceptors (Lipinski definition) is 5. The molecule has 0 aliphatic heterocycles. The first kappa shape index (κ1) is 15.3. The van der Waals surface area contributed by atoms with Crippen molar-refractivity contribution in [3.05, 3.63) is 72.3 Å². The third kappa shape index (κ3) is 3.96. The van der Waals surface area contributed by atoms with Gasteiger partial charge in [-0.15, -0.1) is 0 Å². The number of rotatable bonds is 5. The van der Waals surface area contributed by atoms with Crippen LogP contribution in [-0.4, -0.2) is 23.7 Å². The van der Waals surface area contributed by atoms with E-state index >= 15 is 0 Å². The molecule has 2 aromatic carbocycles. The van der Waals surface area contributed by atoms with E-state index in [1.54, 1.807) is 18.2 Å². The fourth-order valence-electron chi connectivity index (χ4n) is 1.64. The van der Waals surface area contributed by atoms with Crippen LogP contribution in [-0.2, 0) is 4.74 Å². The van der Waals surface area contributed by atoms with Crippen molar-refractivity contribution in [2.45, 2.75) is 0 Å². The molecule has 0 bridgehead atoms. The Kier molecular flexibility index (Phi) is 4.93. The number of phenols is 1. The Hall–Kier alpha value is -3.08. The van der Waals surface area contributed by atoms with Gasteiger partial charge in [-0.3, -0.25) is 0 Å². The van der Waals surface area contributed by atoms with Crippen LogP contribution in [0, 0.1) is 0 Å². The van der Waals surface area contributed by atoms with Crippen LogP contribution in [0.4, 0.5) is 0 Å². The van der Waals surface area contributed by atoms with Crippen LogP contribution in [0.3, 0.4) is 0 Å². The lowest BCUT2D eigenvalue weighted by atomic mass is 10.2. The van der Waals surface area contributed by atoms with Crippen LogP contribution in [0.25, 0.3) is 0 Å². The third-order valence-electron chi connectivity index (χ3n) is 2.75. The van der Waals surface area contributed by atoms with E-state index in [0.29, 0.717) is 12.4 Å². The molecule has 22 heavy (non-hydrogen) atoms. The number of esters is 2. The van der Waals surface area contributed by atoms with Crippen molar-refractivity contribution in [1.82, 2.24) is 0 Å². The fourth-order valence-corrected chi connectivity index (χ4v) is 1.64. The minimum atomic E-state index is -0.781. The van der Waals surface area contributed by atoms with Crippen LogP contribution >= 0.6 is 0 Å². The molecule has 2 rings (SSSR count). The number of ether oxygens (including phenoxy) is 2. The second kappa shape index (κ2) is 7.08. The summed E-state index contributed by atoms with van der Waals surface area (Å²) in [4.78, 5) is 23.7. The lowest BCUT2D eigenvalue weighted by Crippen LogP contribution is -2.12. The molecule has 0 saturated heterocycles. The van der Waals surface area contributed by atoms with Crippen molar-refractivity contribution in [2.75, 3.05) is 6.61 Å². The summed E-state index contributed by atoms with van der Waals surface area (Å²) in [6, 6.07) is 11.6. The summed E-state index contributed by atoms with van der Waals surface area (Å²) in [6.07, 6.45) is 1.61. The monoisotopic (exact) mass is 298 g/mol. The number of aromatic hydroxyl groups is 1. The molecular formula is C17H14O5. The molecule has 0 radical (unpaired) electrons. The number of carbonyl (C=O) groups excluding carboxylic acids is 2. The third-order valence-corrected chi connectivity index (χ3v) is 2.75. The number of benzene rings is 2. The SMILES string of the molecule is C=CCOc1ccc(C(=O)OC(=O)c2ccc(O)cc2)cc1. The zero-order valence-corrected chi connectivity index (χ0v) is 11.7. The van der Waals surface area contributed by atoms with Crippen LogP contribution in [0.1, 0.15) is 20.7 Å². The van der Waals surface area contributed by atoms with Gasteiger partial charge in [0.1, 0.15) is 18.1 Å². The second-order valence-corrected chi connectivity index (χ2v) is 4.35. The average Bonchev–Trinajstić information content (AvgIpc) is 2.54. The first-order valence-corrected chi connectivity index (χ1v) is 6.49. The van der Waals surface area contributed by atoms with Gasteiger partial charge in [-0.2, -0.15) is 0 Å². The van der Waals surface area contributed by atoms with Gasteiger partial charge in [-0.05, 0) is 48.5 Å². The molecule has 112 valence electrons. The maximum atomic E-state index is 11.9. The molecule has 0 aliphatic rings. The molecule has 2 aromatic rings. The van der Waals surface area contributed by atoms with E-state index in [-0.39, 0.29) is 16.9 Å². The van der Waals surface area contributed by atoms with Gasteiger partial charge in [0.15, 0.2) is 0 Å². The molecule has 0 heterocycles. The summed E-state index contributed by atoms with van der Waals surface area (Å²) in [7, 11) is 0. The minimum Gasteiger partial charge on any atom is -0.508 e. The molecule has 0 amide bonds. The Labute approximate surface area is 127 Å². The van der Waals surface area contributed by atoms with Crippen molar-refractivity contribution in [1.29, 1.82) is 0 Å². The van der Waals surface area contributed by atoms with E-state index < -0.39 is 11.9 Å². The van der Waals surface area contributed by atoms with Gasteiger partial charge in [0.05, 0.1) is 11.1 Å². The smallest absolute Gasteiger partial charge is 0.346 e. The molecule has 5 heteroatoms. The lowest BCUT2D eigenvalue weighted by molar-refractivity contribution is 0.0398. The van der Waals surface area contributed by atoms with E-state index in [0.717, 1.165) is 0 Å². The summed E-state index contributed by atoms with van der Waals surface area (Å²) < 4.78 is 10.1. The van der Waals surface area contributed by atoms with Crippen molar-refractivity contribution < 1.29 is 24.2 Å².